The van der Waals surface area contributed by atoms with Gasteiger partial charge in [0.05, 0.1) is 29.0 Å². The summed E-state index contributed by atoms with van der Waals surface area (Å²) < 4.78 is 50.3. The molecule has 3 rings (SSSR count). The summed E-state index contributed by atoms with van der Waals surface area (Å²) in [6, 6.07) is 2.47. The fourth-order valence-electron chi connectivity index (χ4n) is 3.68. The Morgan fingerprint density at radius 1 is 1.18 bits per heavy atom. The van der Waals surface area contributed by atoms with Crippen molar-refractivity contribution in [3.8, 4) is 5.88 Å². The van der Waals surface area contributed by atoms with E-state index >= 15 is 0 Å². The Balaban J connectivity index is 1.56. The van der Waals surface area contributed by atoms with Gasteiger partial charge in [-0.05, 0) is 56.7 Å². The van der Waals surface area contributed by atoms with Crippen molar-refractivity contribution in [2.45, 2.75) is 51.4 Å². The van der Waals surface area contributed by atoms with E-state index in [1.54, 1.807) is 6.92 Å². The number of ether oxygens (including phenoxy) is 2. The van der Waals surface area contributed by atoms with Gasteiger partial charge in [0, 0.05) is 12.6 Å². The molecule has 0 radical (unpaired) electrons. The fourth-order valence-corrected chi connectivity index (χ4v) is 4.06. The van der Waals surface area contributed by atoms with Crippen molar-refractivity contribution >= 4 is 35.3 Å². The number of benzene rings is 1. The summed E-state index contributed by atoms with van der Waals surface area (Å²) in [4.78, 5) is 24.2. The Morgan fingerprint density at radius 2 is 1.88 bits per heavy atom. The van der Waals surface area contributed by atoms with E-state index in [2.05, 4.69) is 10.4 Å². The van der Waals surface area contributed by atoms with Crippen LogP contribution in [0.2, 0.25) is 10.0 Å². The summed E-state index contributed by atoms with van der Waals surface area (Å²) in [5.74, 6) is -0.362. The van der Waals surface area contributed by atoms with Crippen molar-refractivity contribution in [1.82, 2.24) is 15.1 Å². The van der Waals surface area contributed by atoms with Gasteiger partial charge in [-0.3, -0.25) is 4.79 Å². The van der Waals surface area contributed by atoms with Crippen LogP contribution in [0.4, 0.5) is 18.0 Å². The van der Waals surface area contributed by atoms with Crippen LogP contribution in [-0.2, 0) is 17.5 Å². The van der Waals surface area contributed by atoms with Crippen LogP contribution in [-0.4, -0.2) is 34.5 Å². The second-order valence-corrected chi connectivity index (χ2v) is 8.46. The lowest BCUT2D eigenvalue weighted by atomic mass is 9.86. The zero-order valence-corrected chi connectivity index (χ0v) is 19.1. The highest BCUT2D eigenvalue weighted by Gasteiger charge is 2.32. The Hall–Kier alpha value is -2.46. The second-order valence-electron chi connectivity index (χ2n) is 7.65. The monoisotopic (exact) mass is 507 g/mol. The van der Waals surface area contributed by atoms with E-state index in [1.165, 1.54) is 10.9 Å². The summed E-state index contributed by atoms with van der Waals surface area (Å²) in [5, 5.41) is 7.06. The average molecular weight is 508 g/mol. The number of nitrogens with one attached hydrogen (secondary N) is 1. The van der Waals surface area contributed by atoms with Crippen molar-refractivity contribution < 1.29 is 32.2 Å². The van der Waals surface area contributed by atoms with E-state index in [-0.39, 0.29) is 40.1 Å². The first kappa shape index (κ1) is 25.2. The molecule has 1 N–H and O–H groups in total. The number of aromatic nitrogens is 2. The van der Waals surface area contributed by atoms with Gasteiger partial charge in [0.25, 0.3) is 5.91 Å². The predicted octanol–water partition coefficient (Wildman–Crippen LogP) is 5.73. The van der Waals surface area contributed by atoms with Gasteiger partial charge in [0.2, 0.25) is 5.88 Å². The molecule has 1 aliphatic carbocycles. The first-order valence-electron chi connectivity index (χ1n) is 10.3. The third-order valence-corrected chi connectivity index (χ3v) is 5.93. The van der Waals surface area contributed by atoms with E-state index in [1.807, 2.05) is 0 Å². The molecule has 1 fully saturated rings. The van der Waals surface area contributed by atoms with Gasteiger partial charge < -0.3 is 14.8 Å². The molecule has 1 aromatic carbocycles. The van der Waals surface area contributed by atoms with E-state index < -0.39 is 23.8 Å². The van der Waals surface area contributed by atoms with Crippen molar-refractivity contribution in [3.63, 3.8) is 0 Å². The molecule has 2 aromatic rings. The van der Waals surface area contributed by atoms with Crippen LogP contribution >= 0.6 is 23.2 Å². The molecule has 1 aromatic heterocycles. The SMILES string of the molecule is CCOC(=O)Oc1c(Cl)cnn1C[C@H]1CC[C@H](NC(=O)c2cc(C(F)(F)F)ccc2Cl)CC1. The number of hydrogen-bond donors (Lipinski definition) is 1. The van der Waals surface area contributed by atoms with Crippen LogP contribution in [0.1, 0.15) is 48.5 Å². The molecule has 33 heavy (non-hydrogen) atoms. The lowest BCUT2D eigenvalue weighted by molar-refractivity contribution is -0.137. The summed E-state index contributed by atoms with van der Waals surface area (Å²) in [6.07, 6.45) is -1.38. The fraction of sp³-hybridized carbons (Fsp3) is 0.476. The van der Waals surface area contributed by atoms with Gasteiger partial charge >= 0.3 is 12.3 Å². The molecule has 12 heteroatoms. The topological polar surface area (TPSA) is 82.4 Å². The quantitative estimate of drug-likeness (QED) is 0.504. The molecule has 0 bridgehead atoms. The Bertz CT molecular complexity index is 1010. The molecule has 180 valence electrons. The molecular formula is C21H22Cl2F3N3O4. The summed E-state index contributed by atoms with van der Waals surface area (Å²) in [6.45, 7) is 2.26. The van der Waals surface area contributed by atoms with Crippen LogP contribution < -0.4 is 10.1 Å². The van der Waals surface area contributed by atoms with Gasteiger partial charge in [-0.15, -0.1) is 0 Å². The lowest BCUT2D eigenvalue weighted by Crippen LogP contribution is -2.38. The predicted molar refractivity (Wildman–Crippen MR) is 115 cm³/mol. The normalized spacial score (nSPS) is 18.6. The van der Waals surface area contributed by atoms with Gasteiger partial charge in [-0.25, -0.2) is 9.48 Å². The van der Waals surface area contributed by atoms with E-state index in [9.17, 15) is 22.8 Å². The number of rotatable bonds is 6. The molecule has 7 nitrogen and oxygen atoms in total. The molecule has 1 heterocycles. The molecular weight excluding hydrogens is 486 g/mol. The first-order chi connectivity index (χ1) is 15.6. The van der Waals surface area contributed by atoms with Crippen LogP contribution in [0.3, 0.4) is 0 Å². The number of hydrogen-bond acceptors (Lipinski definition) is 5. The molecule has 0 aliphatic heterocycles. The number of carbonyl (C=O) groups excluding carboxylic acids is 2. The van der Waals surface area contributed by atoms with E-state index in [0.717, 1.165) is 31.0 Å². The first-order valence-corrected chi connectivity index (χ1v) is 11.1. The van der Waals surface area contributed by atoms with Crippen LogP contribution in [0.15, 0.2) is 24.4 Å². The maximum absolute atomic E-state index is 13.0. The van der Waals surface area contributed by atoms with E-state index in [4.69, 9.17) is 32.7 Å². The number of alkyl halides is 3. The number of halogens is 5. The van der Waals surface area contributed by atoms with Crippen molar-refractivity contribution in [2.24, 2.45) is 5.92 Å². The van der Waals surface area contributed by atoms with Crippen molar-refractivity contribution in [3.05, 3.63) is 45.6 Å². The van der Waals surface area contributed by atoms with Crippen LogP contribution in [0, 0.1) is 5.92 Å². The Morgan fingerprint density at radius 3 is 2.52 bits per heavy atom. The van der Waals surface area contributed by atoms with Gasteiger partial charge in [0.15, 0.2) is 0 Å². The maximum atomic E-state index is 13.0. The van der Waals surface area contributed by atoms with Crippen LogP contribution in [0.25, 0.3) is 0 Å². The van der Waals surface area contributed by atoms with Gasteiger partial charge in [0.1, 0.15) is 5.02 Å². The third-order valence-electron chi connectivity index (χ3n) is 5.34. The molecule has 0 unspecified atom stereocenters. The number of nitrogens with zero attached hydrogens (tertiary/aromatic N) is 2. The van der Waals surface area contributed by atoms with Gasteiger partial charge in [-0.2, -0.15) is 18.3 Å². The van der Waals surface area contributed by atoms with Gasteiger partial charge in [-0.1, -0.05) is 23.2 Å². The van der Waals surface area contributed by atoms with Crippen molar-refractivity contribution in [1.29, 1.82) is 0 Å². The highest BCUT2D eigenvalue weighted by Crippen LogP contribution is 2.33. The molecule has 0 spiro atoms. The lowest BCUT2D eigenvalue weighted by Gasteiger charge is -2.29. The number of amides is 1. The minimum atomic E-state index is -4.57. The summed E-state index contributed by atoms with van der Waals surface area (Å²) in [5.41, 5.74) is -1.14. The largest absolute Gasteiger partial charge is 0.515 e. The van der Waals surface area contributed by atoms with Crippen LogP contribution in [0.5, 0.6) is 5.88 Å². The summed E-state index contributed by atoms with van der Waals surface area (Å²) >= 11 is 12.0. The number of carbonyl (C=O) groups is 2. The molecule has 0 atom stereocenters. The zero-order valence-electron chi connectivity index (χ0n) is 17.6. The third kappa shape index (κ3) is 6.54. The Kier molecular flexibility index (Phi) is 8.12. The average Bonchev–Trinajstić information content (AvgIpc) is 3.08. The smallest absolute Gasteiger partial charge is 0.434 e. The molecule has 1 saturated carbocycles. The highest BCUT2D eigenvalue weighted by atomic mass is 35.5. The Labute approximate surface area is 198 Å². The minimum absolute atomic E-state index is 0.0427. The molecule has 1 amide bonds. The highest BCUT2D eigenvalue weighted by molar-refractivity contribution is 6.33. The molecule has 0 saturated heterocycles. The zero-order chi connectivity index (χ0) is 24.2. The standard InChI is InChI=1S/C21H22Cl2F3N3O4/c1-2-32-20(31)33-19-17(23)10-27-29(19)11-12-3-6-14(7-4-12)28-18(30)15-9-13(21(24,25)26)5-8-16(15)22/h5,8-10,12,14H,2-4,6-7,11H2,1H3,(H,28,30)/t12-,14-. The second kappa shape index (κ2) is 10.6. The molecule has 1 aliphatic rings. The van der Waals surface area contributed by atoms with E-state index in [0.29, 0.717) is 19.4 Å². The summed E-state index contributed by atoms with van der Waals surface area (Å²) in [7, 11) is 0. The van der Waals surface area contributed by atoms with Crippen molar-refractivity contribution in [2.75, 3.05) is 6.61 Å². The maximum Gasteiger partial charge on any atom is 0.515 e. The minimum Gasteiger partial charge on any atom is -0.434 e.